The fraction of sp³-hybridized carbons (Fsp3) is 0.455. The molecule has 0 aromatic carbocycles. The van der Waals surface area contributed by atoms with Crippen molar-refractivity contribution in [1.29, 1.82) is 0 Å². The van der Waals surface area contributed by atoms with Crippen LogP contribution in [0.25, 0.3) is 6.08 Å². The molecule has 1 aromatic rings. The van der Waals surface area contributed by atoms with Crippen molar-refractivity contribution >= 4 is 12.0 Å². The molecule has 7 heteroatoms. The van der Waals surface area contributed by atoms with Crippen LogP contribution in [0.15, 0.2) is 6.08 Å². The molecule has 0 amide bonds. The molecule has 0 bridgehead atoms. The number of alkyl halides is 3. The number of esters is 1. The van der Waals surface area contributed by atoms with Crippen LogP contribution < -0.4 is 0 Å². The first kappa shape index (κ1) is 14.3. The van der Waals surface area contributed by atoms with Crippen molar-refractivity contribution in [3.05, 3.63) is 23.0 Å². The Kier molecular flexibility index (Phi) is 4.15. The van der Waals surface area contributed by atoms with Gasteiger partial charge in [0.1, 0.15) is 0 Å². The molecule has 1 aromatic heterocycles. The quantitative estimate of drug-likeness (QED) is 0.620. The molecule has 0 unspecified atom stereocenters. The number of carbonyl (C=O) groups excluding carboxylic acids is 1. The second-order valence-corrected chi connectivity index (χ2v) is 3.55. The molecule has 0 N–H and O–H groups in total. The first-order valence-electron chi connectivity index (χ1n) is 5.23. The van der Waals surface area contributed by atoms with Crippen LogP contribution in [0.3, 0.4) is 0 Å². The molecule has 0 saturated carbocycles. The van der Waals surface area contributed by atoms with E-state index in [9.17, 15) is 18.0 Å². The van der Waals surface area contributed by atoms with Crippen LogP contribution in [0.4, 0.5) is 13.2 Å². The Labute approximate surface area is 102 Å². The molecule has 1 rings (SSSR count). The van der Waals surface area contributed by atoms with Gasteiger partial charge < -0.3 is 4.74 Å². The van der Waals surface area contributed by atoms with E-state index in [1.807, 2.05) is 0 Å². The van der Waals surface area contributed by atoms with Gasteiger partial charge in [0.2, 0.25) is 0 Å². The van der Waals surface area contributed by atoms with Gasteiger partial charge in [-0.05, 0) is 19.9 Å². The van der Waals surface area contributed by atoms with Crippen molar-refractivity contribution < 1.29 is 22.7 Å². The summed E-state index contributed by atoms with van der Waals surface area (Å²) in [7, 11) is 1.41. The van der Waals surface area contributed by atoms with E-state index in [2.05, 4.69) is 9.84 Å². The number of rotatable bonds is 3. The van der Waals surface area contributed by atoms with Gasteiger partial charge in [0.25, 0.3) is 0 Å². The number of aromatic nitrogens is 2. The molecule has 0 aliphatic rings. The lowest BCUT2D eigenvalue weighted by Gasteiger charge is -2.03. The largest absolute Gasteiger partial charge is 0.463 e. The third-order valence-electron chi connectivity index (χ3n) is 2.32. The maximum absolute atomic E-state index is 12.7. The highest BCUT2D eigenvalue weighted by Gasteiger charge is 2.37. The van der Waals surface area contributed by atoms with Crippen LogP contribution >= 0.6 is 0 Å². The molecule has 0 fully saturated rings. The minimum Gasteiger partial charge on any atom is -0.463 e. The number of hydrogen-bond acceptors (Lipinski definition) is 3. The first-order chi connectivity index (χ1) is 8.27. The van der Waals surface area contributed by atoms with E-state index in [0.29, 0.717) is 5.69 Å². The number of carbonyl (C=O) groups is 1. The van der Waals surface area contributed by atoms with Gasteiger partial charge in [0.05, 0.1) is 6.61 Å². The second kappa shape index (κ2) is 5.24. The highest BCUT2D eigenvalue weighted by molar-refractivity contribution is 5.87. The average molecular weight is 262 g/mol. The number of ether oxygens (including phenoxy) is 1. The summed E-state index contributed by atoms with van der Waals surface area (Å²) in [6.45, 7) is 3.27. The van der Waals surface area contributed by atoms with Gasteiger partial charge >= 0.3 is 12.1 Å². The summed E-state index contributed by atoms with van der Waals surface area (Å²) in [4.78, 5) is 11.1. The van der Waals surface area contributed by atoms with E-state index in [4.69, 9.17) is 0 Å². The first-order valence-corrected chi connectivity index (χ1v) is 5.23. The van der Waals surface area contributed by atoms with Gasteiger partial charge in [-0.3, -0.25) is 4.68 Å². The zero-order valence-corrected chi connectivity index (χ0v) is 10.2. The summed E-state index contributed by atoms with van der Waals surface area (Å²) in [5, 5.41) is 3.39. The van der Waals surface area contributed by atoms with E-state index < -0.39 is 17.8 Å². The van der Waals surface area contributed by atoms with Crippen molar-refractivity contribution in [3.8, 4) is 0 Å². The normalized spacial score (nSPS) is 12.1. The molecular weight excluding hydrogens is 249 g/mol. The summed E-state index contributed by atoms with van der Waals surface area (Å²) >= 11 is 0. The zero-order valence-electron chi connectivity index (χ0n) is 10.2. The summed E-state index contributed by atoms with van der Waals surface area (Å²) in [5.74, 6) is -0.686. The van der Waals surface area contributed by atoms with Gasteiger partial charge in [-0.15, -0.1) is 0 Å². The van der Waals surface area contributed by atoms with Crippen molar-refractivity contribution in [2.45, 2.75) is 20.0 Å². The SMILES string of the molecule is CCOC(=O)/C=C/c1c(C(F)(F)F)nn(C)c1C. The Balaban J connectivity index is 3.12. The Morgan fingerprint density at radius 2 is 2.11 bits per heavy atom. The number of aryl methyl sites for hydroxylation is 1. The fourth-order valence-electron chi connectivity index (χ4n) is 1.38. The summed E-state index contributed by atoms with van der Waals surface area (Å²) in [5.41, 5.74) is -0.816. The Morgan fingerprint density at radius 1 is 1.50 bits per heavy atom. The van der Waals surface area contributed by atoms with Crippen LogP contribution in [-0.2, 0) is 22.8 Å². The zero-order chi connectivity index (χ0) is 13.9. The average Bonchev–Trinajstić information content (AvgIpc) is 2.53. The minimum atomic E-state index is -4.56. The van der Waals surface area contributed by atoms with Gasteiger partial charge in [0, 0.05) is 24.4 Å². The van der Waals surface area contributed by atoms with Crippen LogP contribution in [0.5, 0.6) is 0 Å². The molecule has 4 nitrogen and oxygen atoms in total. The number of halogens is 3. The topological polar surface area (TPSA) is 44.1 Å². The molecule has 18 heavy (non-hydrogen) atoms. The third kappa shape index (κ3) is 3.12. The lowest BCUT2D eigenvalue weighted by Crippen LogP contribution is -2.08. The highest BCUT2D eigenvalue weighted by Crippen LogP contribution is 2.32. The van der Waals surface area contributed by atoms with Crippen molar-refractivity contribution in [3.63, 3.8) is 0 Å². The Bertz CT molecular complexity index is 475. The maximum atomic E-state index is 12.7. The molecule has 100 valence electrons. The van der Waals surface area contributed by atoms with E-state index in [1.54, 1.807) is 6.92 Å². The predicted octanol–water partition coefficient (Wildman–Crippen LogP) is 2.32. The summed E-state index contributed by atoms with van der Waals surface area (Å²) in [6.07, 6.45) is -2.52. The fourth-order valence-corrected chi connectivity index (χ4v) is 1.38. The van der Waals surface area contributed by atoms with Crippen molar-refractivity contribution in [2.24, 2.45) is 7.05 Å². The second-order valence-electron chi connectivity index (χ2n) is 3.55. The summed E-state index contributed by atoms with van der Waals surface area (Å²) in [6, 6.07) is 0. The third-order valence-corrected chi connectivity index (χ3v) is 2.32. The van der Waals surface area contributed by atoms with E-state index >= 15 is 0 Å². The molecule has 0 atom stereocenters. The smallest absolute Gasteiger partial charge is 0.435 e. The number of hydrogen-bond donors (Lipinski definition) is 0. The maximum Gasteiger partial charge on any atom is 0.435 e. The van der Waals surface area contributed by atoms with Crippen LogP contribution in [0.2, 0.25) is 0 Å². The van der Waals surface area contributed by atoms with Gasteiger partial charge in [-0.1, -0.05) is 0 Å². The van der Waals surface area contributed by atoms with Gasteiger partial charge in [-0.25, -0.2) is 4.79 Å². The van der Waals surface area contributed by atoms with Gasteiger partial charge in [0.15, 0.2) is 5.69 Å². The summed E-state index contributed by atoms with van der Waals surface area (Å²) < 4.78 is 43.8. The van der Waals surface area contributed by atoms with Gasteiger partial charge in [-0.2, -0.15) is 18.3 Å². The molecule has 0 saturated heterocycles. The Hall–Kier alpha value is -1.79. The molecule has 0 aliphatic heterocycles. The Morgan fingerprint density at radius 3 is 2.61 bits per heavy atom. The predicted molar refractivity (Wildman–Crippen MR) is 58.6 cm³/mol. The highest BCUT2D eigenvalue weighted by atomic mass is 19.4. The standard InChI is InChI=1S/C11H13F3N2O2/c1-4-18-9(17)6-5-8-7(2)16(3)15-10(8)11(12,13)14/h5-6H,4H2,1-3H3/b6-5+. The van der Waals surface area contributed by atoms with E-state index in [1.165, 1.54) is 14.0 Å². The lowest BCUT2D eigenvalue weighted by atomic mass is 10.1. The molecular formula is C11H13F3N2O2. The van der Waals surface area contributed by atoms with E-state index in [0.717, 1.165) is 16.8 Å². The van der Waals surface area contributed by atoms with E-state index in [-0.39, 0.29) is 12.2 Å². The molecule has 0 spiro atoms. The van der Waals surface area contributed by atoms with Crippen LogP contribution in [0.1, 0.15) is 23.9 Å². The van der Waals surface area contributed by atoms with Crippen LogP contribution in [0, 0.1) is 6.92 Å². The van der Waals surface area contributed by atoms with Crippen LogP contribution in [-0.4, -0.2) is 22.4 Å². The monoisotopic (exact) mass is 262 g/mol. The lowest BCUT2D eigenvalue weighted by molar-refractivity contribution is -0.141. The minimum absolute atomic E-state index is 0.127. The molecule has 0 radical (unpaired) electrons. The van der Waals surface area contributed by atoms with Crippen molar-refractivity contribution in [2.75, 3.05) is 6.61 Å². The number of nitrogens with zero attached hydrogens (tertiary/aromatic N) is 2. The molecule has 1 heterocycles. The molecule has 0 aliphatic carbocycles. The van der Waals surface area contributed by atoms with Crippen molar-refractivity contribution in [1.82, 2.24) is 9.78 Å².